The Hall–Kier alpha value is -0.370. The normalized spacial score (nSPS) is 8.17. The van der Waals surface area contributed by atoms with Crippen molar-refractivity contribution in [3.63, 3.8) is 0 Å². The van der Waals surface area contributed by atoms with Gasteiger partial charge in [-0.05, 0) is 0 Å². The Kier molecular flexibility index (Phi) is 4.34. The molecule has 0 aromatic carbocycles. The summed E-state index contributed by atoms with van der Waals surface area (Å²) in [6.07, 6.45) is 0.795. The number of aldehydes is 1. The second-order valence-electron chi connectivity index (χ2n) is 0.889. The molecule has 0 bridgehead atoms. The van der Waals surface area contributed by atoms with Crippen LogP contribution in [0.3, 0.4) is 0 Å². The largest absolute Gasteiger partial charge is 0.302 e. The Morgan fingerprint density at radius 1 is 1.83 bits per heavy atom. The average molecular weight is 86.1 g/mol. The molecule has 35 valence electrons. The van der Waals surface area contributed by atoms with E-state index in [1.165, 1.54) is 0 Å². The van der Waals surface area contributed by atoms with Gasteiger partial charge >= 0.3 is 0 Å². The van der Waals surface area contributed by atoms with E-state index in [4.69, 9.17) is 0 Å². The molecule has 0 aromatic heterocycles. The van der Waals surface area contributed by atoms with E-state index in [0.717, 1.165) is 12.8 Å². The number of carbonyl (C=O) groups is 1. The number of carbonyl (C=O) groups excluding carboxylic acids is 1. The number of nitrogens with zero attached hydrogens (tertiary/aromatic N) is 1. The molecule has 2 heteroatoms. The van der Waals surface area contributed by atoms with E-state index in [-0.39, 0.29) is 0 Å². The van der Waals surface area contributed by atoms with E-state index in [0.29, 0.717) is 6.54 Å². The van der Waals surface area contributed by atoms with E-state index in [1.54, 1.807) is 0 Å². The number of rotatable bonds is 3. The molecule has 0 fully saturated rings. The van der Waals surface area contributed by atoms with Gasteiger partial charge in [0.25, 0.3) is 0 Å². The van der Waals surface area contributed by atoms with Crippen LogP contribution in [-0.2, 0) is 4.79 Å². The Bertz CT molecular complexity index is 36.5. The summed E-state index contributed by atoms with van der Waals surface area (Å²) in [5, 5.41) is 3.72. The summed E-state index contributed by atoms with van der Waals surface area (Å²) < 4.78 is 0. The molecule has 0 unspecified atom stereocenters. The van der Waals surface area contributed by atoms with E-state index in [9.17, 15) is 4.79 Å². The number of hydrogen-bond donors (Lipinski definition) is 0. The van der Waals surface area contributed by atoms with Crippen LogP contribution in [0.25, 0.3) is 0 Å². The van der Waals surface area contributed by atoms with Crippen LogP contribution in [0.1, 0.15) is 6.92 Å². The first-order valence-electron chi connectivity index (χ1n) is 1.98. The standard InChI is InChI=1S/C4H8NO/c1-2-5-3-4-6/h4H,2-3H2,1H3. The zero-order valence-electron chi connectivity index (χ0n) is 3.85. The minimum atomic E-state index is 0.358. The van der Waals surface area contributed by atoms with E-state index < -0.39 is 0 Å². The van der Waals surface area contributed by atoms with Crippen LogP contribution in [0, 0.1) is 0 Å². The summed E-state index contributed by atoms with van der Waals surface area (Å²) in [5.41, 5.74) is 0. The van der Waals surface area contributed by atoms with Gasteiger partial charge in [-0.15, -0.1) is 0 Å². The zero-order valence-corrected chi connectivity index (χ0v) is 3.85. The molecule has 1 radical (unpaired) electrons. The van der Waals surface area contributed by atoms with Gasteiger partial charge in [-0.3, -0.25) is 0 Å². The highest BCUT2D eigenvalue weighted by molar-refractivity contribution is 5.51. The molecule has 0 aromatic rings. The molecular formula is C4H8NO. The lowest BCUT2D eigenvalue weighted by Crippen LogP contribution is -2.05. The van der Waals surface area contributed by atoms with Gasteiger partial charge in [-0.2, -0.15) is 0 Å². The van der Waals surface area contributed by atoms with Gasteiger partial charge in [0.05, 0.1) is 6.54 Å². The number of likely N-dealkylation sites (N-methyl/N-ethyl adjacent to an activating group) is 1. The summed E-state index contributed by atoms with van der Waals surface area (Å²) in [6.45, 7) is 3.01. The molecule has 0 saturated carbocycles. The average Bonchev–Trinajstić information content (AvgIpc) is 1.61. The minimum absolute atomic E-state index is 0.358. The SMILES string of the molecule is CC[N]CC=O. The Morgan fingerprint density at radius 2 is 2.50 bits per heavy atom. The highest BCUT2D eigenvalue weighted by Gasteiger charge is 1.73. The third-order valence-corrected chi connectivity index (χ3v) is 0.427. The maximum absolute atomic E-state index is 9.47. The molecule has 0 N–H and O–H groups in total. The van der Waals surface area contributed by atoms with Crippen molar-refractivity contribution < 1.29 is 4.79 Å². The van der Waals surface area contributed by atoms with Crippen molar-refractivity contribution in [2.75, 3.05) is 13.1 Å². The van der Waals surface area contributed by atoms with Crippen LogP contribution in [0.2, 0.25) is 0 Å². The molecule has 0 aliphatic heterocycles. The van der Waals surface area contributed by atoms with Crippen LogP contribution in [0.15, 0.2) is 0 Å². The quantitative estimate of drug-likeness (QED) is 0.346. The van der Waals surface area contributed by atoms with Gasteiger partial charge in [0.15, 0.2) is 0 Å². The van der Waals surface area contributed by atoms with Crippen molar-refractivity contribution in [2.24, 2.45) is 0 Å². The molecule has 0 spiro atoms. The van der Waals surface area contributed by atoms with Crippen LogP contribution in [0.4, 0.5) is 0 Å². The van der Waals surface area contributed by atoms with E-state index >= 15 is 0 Å². The van der Waals surface area contributed by atoms with Gasteiger partial charge in [0, 0.05) is 6.54 Å². The first-order chi connectivity index (χ1) is 2.91. The molecule has 0 saturated heterocycles. The van der Waals surface area contributed by atoms with Crippen LogP contribution in [0.5, 0.6) is 0 Å². The molecule has 0 aliphatic carbocycles. The molecule has 0 amide bonds. The van der Waals surface area contributed by atoms with Gasteiger partial charge in [0.2, 0.25) is 0 Å². The second kappa shape index (κ2) is 4.63. The van der Waals surface area contributed by atoms with Gasteiger partial charge in [-0.25, -0.2) is 5.32 Å². The summed E-state index contributed by atoms with van der Waals surface area (Å²) in [7, 11) is 0. The first kappa shape index (κ1) is 5.63. The predicted molar refractivity (Wildman–Crippen MR) is 23.6 cm³/mol. The van der Waals surface area contributed by atoms with Crippen LogP contribution >= 0.6 is 0 Å². The van der Waals surface area contributed by atoms with Crippen molar-refractivity contribution >= 4 is 6.29 Å². The van der Waals surface area contributed by atoms with Crippen molar-refractivity contribution in [2.45, 2.75) is 6.92 Å². The molecule has 0 aliphatic rings. The fourth-order valence-corrected chi connectivity index (χ4v) is 0.182. The third-order valence-electron chi connectivity index (χ3n) is 0.427. The maximum Gasteiger partial charge on any atom is 0.135 e. The lowest BCUT2D eigenvalue weighted by molar-refractivity contribution is -0.107. The lowest BCUT2D eigenvalue weighted by atomic mass is 10.7. The van der Waals surface area contributed by atoms with Crippen molar-refractivity contribution in [3.8, 4) is 0 Å². The second-order valence-corrected chi connectivity index (χ2v) is 0.889. The number of hydrogen-bond acceptors (Lipinski definition) is 1. The summed E-state index contributed by atoms with van der Waals surface area (Å²) in [4.78, 5) is 9.47. The fraction of sp³-hybridized carbons (Fsp3) is 0.750. The molecule has 2 nitrogen and oxygen atoms in total. The van der Waals surface area contributed by atoms with Gasteiger partial charge < -0.3 is 4.79 Å². The Labute approximate surface area is 37.5 Å². The molecule has 0 heterocycles. The third kappa shape index (κ3) is 3.63. The van der Waals surface area contributed by atoms with Gasteiger partial charge in [0.1, 0.15) is 6.29 Å². The molecular weight excluding hydrogens is 78.0 g/mol. The highest BCUT2D eigenvalue weighted by atomic mass is 16.1. The topological polar surface area (TPSA) is 31.2 Å². The van der Waals surface area contributed by atoms with Gasteiger partial charge in [-0.1, -0.05) is 6.92 Å². The van der Waals surface area contributed by atoms with E-state index in [1.807, 2.05) is 6.92 Å². The Balaban J connectivity index is 2.49. The van der Waals surface area contributed by atoms with Crippen molar-refractivity contribution in [3.05, 3.63) is 0 Å². The summed E-state index contributed by atoms with van der Waals surface area (Å²) in [6, 6.07) is 0. The molecule has 0 rings (SSSR count). The maximum atomic E-state index is 9.47. The van der Waals surface area contributed by atoms with Crippen LogP contribution < -0.4 is 5.32 Å². The molecule has 0 atom stereocenters. The van der Waals surface area contributed by atoms with E-state index in [2.05, 4.69) is 5.32 Å². The van der Waals surface area contributed by atoms with Crippen molar-refractivity contribution in [1.82, 2.24) is 5.32 Å². The fourth-order valence-electron chi connectivity index (χ4n) is 0.182. The highest BCUT2D eigenvalue weighted by Crippen LogP contribution is 1.51. The zero-order chi connectivity index (χ0) is 4.83. The lowest BCUT2D eigenvalue weighted by Gasteiger charge is -1.82. The summed E-state index contributed by atoms with van der Waals surface area (Å²) >= 11 is 0. The summed E-state index contributed by atoms with van der Waals surface area (Å²) in [5.74, 6) is 0. The van der Waals surface area contributed by atoms with Crippen LogP contribution in [-0.4, -0.2) is 19.4 Å². The smallest absolute Gasteiger partial charge is 0.135 e. The predicted octanol–water partition coefficient (Wildman–Crippen LogP) is -0.190. The minimum Gasteiger partial charge on any atom is -0.302 e. The Morgan fingerprint density at radius 3 is 2.67 bits per heavy atom. The molecule has 6 heavy (non-hydrogen) atoms. The monoisotopic (exact) mass is 86.1 g/mol. The first-order valence-corrected chi connectivity index (χ1v) is 1.98. The van der Waals surface area contributed by atoms with Crippen molar-refractivity contribution in [1.29, 1.82) is 0 Å².